The molecule has 0 saturated carbocycles. The molecular weight excluding hydrogens is 286 g/mol. The van der Waals surface area contributed by atoms with Gasteiger partial charge in [-0.05, 0) is 25.0 Å². The molecule has 1 unspecified atom stereocenters. The average Bonchev–Trinajstić information content (AvgIpc) is 2.56. The largest absolute Gasteiger partial charge is 0.471 e. The number of amides is 1. The number of aromatic nitrogens is 4. The highest BCUT2D eigenvalue weighted by atomic mass is 16.5. The van der Waals surface area contributed by atoms with Crippen LogP contribution in [-0.4, -0.2) is 50.4 Å². The second kappa shape index (κ2) is 6.33. The molecule has 1 saturated heterocycles. The van der Waals surface area contributed by atoms with E-state index in [0.717, 1.165) is 12.8 Å². The monoisotopic (exact) mass is 301 g/mol. The van der Waals surface area contributed by atoms with E-state index in [4.69, 9.17) is 4.74 Å². The van der Waals surface area contributed by atoms with Gasteiger partial charge in [-0.25, -0.2) is 5.10 Å². The van der Waals surface area contributed by atoms with Crippen molar-refractivity contribution >= 4 is 5.91 Å². The van der Waals surface area contributed by atoms with E-state index in [0.29, 0.717) is 19.0 Å². The molecule has 0 spiro atoms. The molecule has 0 aromatic carbocycles. The molecule has 2 aromatic heterocycles. The molecule has 3 rings (SSSR count). The third kappa shape index (κ3) is 3.27. The minimum atomic E-state index is -0.334. The Hall–Kier alpha value is -2.77. The first-order valence-corrected chi connectivity index (χ1v) is 7.02. The zero-order chi connectivity index (χ0) is 15.4. The second-order valence-electron chi connectivity index (χ2n) is 5.00. The van der Waals surface area contributed by atoms with Crippen LogP contribution in [0.4, 0.5) is 0 Å². The predicted molar refractivity (Wildman–Crippen MR) is 76.4 cm³/mol. The van der Waals surface area contributed by atoms with E-state index in [1.165, 1.54) is 12.1 Å². The molecule has 8 heteroatoms. The first-order valence-electron chi connectivity index (χ1n) is 7.02. The molecule has 114 valence electrons. The standard InChI is InChI=1S/C14H15N5O3/c20-12-6-5-11(16-17-12)14(21)19-8-2-3-10(9-19)22-13-4-1-7-15-18-13/h1,4-7,10H,2-3,8-9H2,(H,17,20). The molecule has 22 heavy (non-hydrogen) atoms. The molecule has 1 fully saturated rings. The Labute approximate surface area is 126 Å². The van der Waals surface area contributed by atoms with E-state index in [1.807, 2.05) is 0 Å². The van der Waals surface area contributed by atoms with Crippen LogP contribution in [0.2, 0.25) is 0 Å². The van der Waals surface area contributed by atoms with E-state index in [9.17, 15) is 9.59 Å². The third-order valence-corrected chi connectivity index (χ3v) is 3.40. The van der Waals surface area contributed by atoms with Crippen molar-refractivity contribution in [3.63, 3.8) is 0 Å². The van der Waals surface area contributed by atoms with Gasteiger partial charge in [0.05, 0.1) is 6.54 Å². The molecule has 0 aliphatic carbocycles. The average molecular weight is 301 g/mol. The van der Waals surface area contributed by atoms with Gasteiger partial charge in [-0.3, -0.25) is 9.59 Å². The van der Waals surface area contributed by atoms with Gasteiger partial charge in [0.2, 0.25) is 5.88 Å². The molecule has 0 bridgehead atoms. The smallest absolute Gasteiger partial charge is 0.274 e. The zero-order valence-electron chi connectivity index (χ0n) is 11.8. The van der Waals surface area contributed by atoms with Gasteiger partial charge >= 0.3 is 0 Å². The van der Waals surface area contributed by atoms with E-state index >= 15 is 0 Å². The van der Waals surface area contributed by atoms with Gasteiger partial charge in [0.15, 0.2) is 0 Å². The van der Waals surface area contributed by atoms with Crippen LogP contribution in [0.3, 0.4) is 0 Å². The van der Waals surface area contributed by atoms with Gasteiger partial charge in [0.1, 0.15) is 11.8 Å². The minimum Gasteiger partial charge on any atom is -0.471 e. The molecule has 2 aromatic rings. The lowest BCUT2D eigenvalue weighted by Gasteiger charge is -2.32. The summed E-state index contributed by atoms with van der Waals surface area (Å²) in [4.78, 5) is 25.0. The van der Waals surface area contributed by atoms with Crippen LogP contribution in [0.1, 0.15) is 23.3 Å². The Kier molecular flexibility index (Phi) is 4.08. The van der Waals surface area contributed by atoms with Crippen molar-refractivity contribution < 1.29 is 9.53 Å². The van der Waals surface area contributed by atoms with Crippen molar-refractivity contribution in [2.45, 2.75) is 18.9 Å². The Morgan fingerprint density at radius 3 is 3.00 bits per heavy atom. The molecule has 1 aliphatic rings. The number of ether oxygens (including phenoxy) is 1. The normalized spacial score (nSPS) is 18.0. The van der Waals surface area contributed by atoms with Crippen LogP contribution in [0, 0.1) is 0 Å². The fourth-order valence-corrected chi connectivity index (χ4v) is 2.37. The molecule has 0 radical (unpaired) electrons. The summed E-state index contributed by atoms with van der Waals surface area (Å²) < 4.78 is 5.74. The van der Waals surface area contributed by atoms with Crippen LogP contribution in [0.15, 0.2) is 35.3 Å². The number of rotatable bonds is 3. The van der Waals surface area contributed by atoms with Gasteiger partial charge in [-0.2, -0.15) is 10.2 Å². The zero-order valence-corrected chi connectivity index (χ0v) is 11.8. The second-order valence-corrected chi connectivity index (χ2v) is 5.00. The van der Waals surface area contributed by atoms with E-state index in [1.54, 1.807) is 23.2 Å². The fraction of sp³-hybridized carbons (Fsp3) is 0.357. The fourth-order valence-electron chi connectivity index (χ4n) is 2.37. The highest BCUT2D eigenvalue weighted by Gasteiger charge is 2.26. The summed E-state index contributed by atoms with van der Waals surface area (Å²) in [7, 11) is 0. The predicted octanol–water partition coefficient (Wildman–Crippen LogP) is 0.243. The van der Waals surface area contributed by atoms with Gasteiger partial charge < -0.3 is 9.64 Å². The maximum atomic E-state index is 12.4. The van der Waals surface area contributed by atoms with Crippen molar-refractivity contribution in [3.8, 4) is 5.88 Å². The molecule has 1 atom stereocenters. The number of carbonyl (C=O) groups is 1. The number of H-pyrrole nitrogens is 1. The molecule has 1 amide bonds. The molecule has 1 N–H and O–H groups in total. The van der Waals surface area contributed by atoms with Crippen LogP contribution in [0.5, 0.6) is 5.88 Å². The Morgan fingerprint density at radius 1 is 1.36 bits per heavy atom. The summed E-state index contributed by atoms with van der Waals surface area (Å²) >= 11 is 0. The SMILES string of the molecule is O=C(c1ccc(=O)[nH]n1)N1CCCC(Oc2cccnn2)C1. The highest BCUT2D eigenvalue weighted by molar-refractivity contribution is 5.92. The molecular formula is C14H15N5O3. The van der Waals surface area contributed by atoms with Crippen molar-refractivity contribution in [2.24, 2.45) is 0 Å². The van der Waals surface area contributed by atoms with Crippen molar-refractivity contribution in [1.29, 1.82) is 0 Å². The number of aromatic amines is 1. The van der Waals surface area contributed by atoms with Gasteiger partial charge in [-0.15, -0.1) is 5.10 Å². The third-order valence-electron chi connectivity index (χ3n) is 3.40. The lowest BCUT2D eigenvalue weighted by Crippen LogP contribution is -2.44. The number of carbonyl (C=O) groups excluding carboxylic acids is 1. The minimum absolute atomic E-state index is 0.128. The molecule has 1 aliphatic heterocycles. The number of hydrogen-bond acceptors (Lipinski definition) is 6. The summed E-state index contributed by atoms with van der Waals surface area (Å²) in [5, 5.41) is 13.7. The van der Waals surface area contributed by atoms with Crippen LogP contribution in [-0.2, 0) is 0 Å². The van der Waals surface area contributed by atoms with Gasteiger partial charge in [0.25, 0.3) is 11.5 Å². The summed E-state index contributed by atoms with van der Waals surface area (Å²) in [5.74, 6) is 0.229. The van der Waals surface area contributed by atoms with Crippen LogP contribution >= 0.6 is 0 Å². The first kappa shape index (κ1) is 14.2. The Balaban J connectivity index is 1.66. The highest BCUT2D eigenvalue weighted by Crippen LogP contribution is 2.17. The summed E-state index contributed by atoms with van der Waals surface area (Å²) in [5.41, 5.74) is -0.112. The van der Waals surface area contributed by atoms with Crippen LogP contribution in [0.25, 0.3) is 0 Å². The van der Waals surface area contributed by atoms with E-state index in [-0.39, 0.29) is 23.3 Å². The lowest BCUT2D eigenvalue weighted by molar-refractivity contribution is 0.0519. The lowest BCUT2D eigenvalue weighted by atomic mass is 10.1. The van der Waals surface area contributed by atoms with Gasteiger partial charge in [-0.1, -0.05) is 0 Å². The summed E-state index contributed by atoms with van der Waals surface area (Å²) in [6.07, 6.45) is 3.13. The topological polar surface area (TPSA) is 101 Å². The number of piperidine rings is 1. The maximum absolute atomic E-state index is 12.4. The maximum Gasteiger partial charge on any atom is 0.274 e. The summed E-state index contributed by atoms with van der Waals surface area (Å²) in [6, 6.07) is 6.20. The number of hydrogen-bond donors (Lipinski definition) is 1. The molecule has 8 nitrogen and oxygen atoms in total. The first-order chi connectivity index (χ1) is 10.7. The Bertz CT molecular complexity index is 683. The van der Waals surface area contributed by atoms with Crippen molar-refractivity contribution in [3.05, 3.63) is 46.5 Å². The van der Waals surface area contributed by atoms with E-state index in [2.05, 4.69) is 20.4 Å². The number of nitrogens with one attached hydrogen (secondary N) is 1. The van der Waals surface area contributed by atoms with Crippen molar-refractivity contribution in [2.75, 3.05) is 13.1 Å². The van der Waals surface area contributed by atoms with E-state index < -0.39 is 0 Å². The van der Waals surface area contributed by atoms with Gasteiger partial charge in [0, 0.05) is 24.9 Å². The molecule has 3 heterocycles. The Morgan fingerprint density at radius 2 is 2.27 bits per heavy atom. The quantitative estimate of drug-likeness (QED) is 0.871. The number of likely N-dealkylation sites (tertiary alicyclic amines) is 1. The number of nitrogens with zero attached hydrogens (tertiary/aromatic N) is 4. The van der Waals surface area contributed by atoms with Crippen molar-refractivity contribution in [1.82, 2.24) is 25.3 Å². The summed E-state index contributed by atoms with van der Waals surface area (Å²) in [6.45, 7) is 1.09. The van der Waals surface area contributed by atoms with Crippen LogP contribution < -0.4 is 10.3 Å².